The van der Waals surface area contributed by atoms with E-state index in [1.54, 1.807) is 17.6 Å². The number of methoxy groups -OCH3 is 1. The lowest BCUT2D eigenvalue weighted by atomic mass is 9.99. The molecule has 0 saturated heterocycles. The van der Waals surface area contributed by atoms with Crippen molar-refractivity contribution < 1.29 is 28.0 Å². The van der Waals surface area contributed by atoms with Crippen LogP contribution in [0.5, 0.6) is 0 Å². The Morgan fingerprint density at radius 3 is 2.59 bits per heavy atom. The van der Waals surface area contributed by atoms with Crippen molar-refractivity contribution in [2.24, 2.45) is 0 Å². The van der Waals surface area contributed by atoms with Crippen molar-refractivity contribution in [2.75, 3.05) is 7.11 Å². The van der Waals surface area contributed by atoms with E-state index < -0.39 is 22.2 Å². The first kappa shape index (κ1) is 26.0. The van der Waals surface area contributed by atoms with Crippen LogP contribution < -0.4 is 10.2 Å². The van der Waals surface area contributed by atoms with Gasteiger partial charge in [0.1, 0.15) is 0 Å². The zero-order valence-electron chi connectivity index (χ0n) is 18.1. The molecule has 1 unspecified atom stereocenters. The minimum Gasteiger partial charge on any atom is -0.469 e. The Kier molecular flexibility index (Phi) is 8.56. The van der Waals surface area contributed by atoms with E-state index in [2.05, 4.69) is 9.46 Å². The number of nitrogens with zero attached hydrogens (tertiary/aromatic N) is 1. The number of esters is 1. The molecule has 182 valence electrons. The number of aryl methyl sites for hydroxylation is 1. The Morgan fingerprint density at radius 1 is 1.18 bits per heavy atom. The van der Waals surface area contributed by atoms with Crippen molar-refractivity contribution in [1.29, 1.82) is 0 Å². The molecule has 12 heteroatoms. The van der Waals surface area contributed by atoms with E-state index in [9.17, 15) is 23.2 Å². The van der Waals surface area contributed by atoms with E-state index in [4.69, 9.17) is 23.2 Å². The van der Waals surface area contributed by atoms with Crippen molar-refractivity contribution in [2.45, 2.75) is 31.8 Å². The van der Waals surface area contributed by atoms with Gasteiger partial charge in [-0.1, -0.05) is 53.5 Å². The summed E-state index contributed by atoms with van der Waals surface area (Å²) >= 11 is 12.2. The predicted octanol–water partition coefficient (Wildman–Crippen LogP) is 3.27. The van der Waals surface area contributed by atoms with Crippen LogP contribution in [0, 0.1) is 0 Å². The number of halogens is 2. The molecule has 3 rings (SSSR count). The van der Waals surface area contributed by atoms with E-state index in [0.717, 1.165) is 16.1 Å². The van der Waals surface area contributed by atoms with Gasteiger partial charge in [0, 0.05) is 22.7 Å². The Bertz CT molecular complexity index is 1220. The smallest absolute Gasteiger partial charge is 0.305 e. The van der Waals surface area contributed by atoms with Gasteiger partial charge in [0.2, 0.25) is 0 Å². The monoisotopic (exact) mass is 527 g/mol. The highest BCUT2D eigenvalue weighted by atomic mass is 35.5. The molecule has 34 heavy (non-hydrogen) atoms. The molecular weight excluding hydrogens is 505 g/mol. The lowest BCUT2D eigenvalue weighted by molar-refractivity contribution is -0.140. The van der Waals surface area contributed by atoms with Crippen LogP contribution in [0.4, 0.5) is 0 Å². The second kappa shape index (κ2) is 11.2. The molecule has 9 nitrogen and oxygen atoms in total. The number of hydrogen-bond donors (Lipinski definition) is 3. The molecule has 1 amide bonds. The summed E-state index contributed by atoms with van der Waals surface area (Å²) in [5.74, 6) is -1.18. The summed E-state index contributed by atoms with van der Waals surface area (Å²) in [6.45, 7) is -0.0660. The average Bonchev–Trinajstić information content (AvgIpc) is 2.79. The van der Waals surface area contributed by atoms with E-state index in [-0.39, 0.29) is 29.5 Å². The first-order valence-corrected chi connectivity index (χ1v) is 12.4. The number of carbonyl (C=O) groups excluding carboxylic acids is 2. The Morgan fingerprint density at radius 2 is 1.91 bits per heavy atom. The van der Waals surface area contributed by atoms with Gasteiger partial charge in [-0.15, -0.1) is 0 Å². The van der Waals surface area contributed by atoms with E-state index >= 15 is 0 Å². The van der Waals surface area contributed by atoms with Gasteiger partial charge in [0.15, 0.2) is 0 Å². The fourth-order valence-electron chi connectivity index (χ4n) is 3.53. The fourth-order valence-corrected chi connectivity index (χ4v) is 5.31. The van der Waals surface area contributed by atoms with Crippen molar-refractivity contribution >= 4 is 45.3 Å². The fraction of sp³-hybridized carbons (Fsp3) is 0.273. The lowest BCUT2D eigenvalue weighted by Crippen LogP contribution is -2.46. The van der Waals surface area contributed by atoms with Gasteiger partial charge < -0.3 is 4.74 Å². The van der Waals surface area contributed by atoms with Crippen LogP contribution in [0.25, 0.3) is 0 Å². The number of ether oxygens (including phenoxy) is 1. The molecule has 0 radical (unpaired) electrons. The van der Waals surface area contributed by atoms with Gasteiger partial charge in [-0.2, -0.15) is 13.1 Å². The number of hydrogen-bond acceptors (Lipinski definition) is 6. The van der Waals surface area contributed by atoms with Crippen LogP contribution in [0.15, 0.2) is 54.2 Å². The first-order chi connectivity index (χ1) is 16.1. The number of amides is 1. The summed E-state index contributed by atoms with van der Waals surface area (Å²) in [4.78, 5) is 23.7. The molecule has 0 aliphatic carbocycles. The molecule has 1 heterocycles. The average molecular weight is 528 g/mol. The highest BCUT2D eigenvalue weighted by Crippen LogP contribution is 2.34. The predicted molar refractivity (Wildman–Crippen MR) is 126 cm³/mol. The van der Waals surface area contributed by atoms with Crippen LogP contribution in [0.3, 0.4) is 0 Å². The molecule has 2 aromatic rings. The Hall–Kier alpha value is -2.63. The third-order valence-corrected chi connectivity index (χ3v) is 7.16. The minimum atomic E-state index is -4.07. The molecule has 1 aliphatic rings. The zero-order chi connectivity index (χ0) is 24.9. The standard InChI is InChI=1S/C22H23Cl2N3O6S/c1-33-20(28)7-3-5-14-4-2-6-15(10-14)12-27-13-18(22(29)25-30)21(26-34(27,31)32)17-9-8-16(23)11-19(17)24/h2,4,6,8-11,13,21,26,30H,3,5,7,12H2,1H3,(H,25,29). The number of hydroxylamine groups is 1. The minimum absolute atomic E-state index is 0.0595. The zero-order valence-corrected chi connectivity index (χ0v) is 20.5. The summed E-state index contributed by atoms with van der Waals surface area (Å²) in [5, 5.41) is 9.73. The van der Waals surface area contributed by atoms with Crippen molar-refractivity contribution in [3.63, 3.8) is 0 Å². The van der Waals surface area contributed by atoms with Gasteiger partial charge in [0.05, 0.1) is 25.3 Å². The van der Waals surface area contributed by atoms with Crippen LogP contribution in [0.2, 0.25) is 10.0 Å². The maximum absolute atomic E-state index is 13.0. The number of rotatable bonds is 8. The maximum Gasteiger partial charge on any atom is 0.305 e. The third kappa shape index (κ3) is 6.28. The topological polar surface area (TPSA) is 125 Å². The molecular formula is C22H23Cl2N3O6S. The highest BCUT2D eigenvalue weighted by molar-refractivity contribution is 7.87. The number of carbonyl (C=O) groups is 2. The summed E-state index contributed by atoms with van der Waals surface area (Å²) in [6.07, 6.45) is 2.64. The molecule has 1 aliphatic heterocycles. The van der Waals surface area contributed by atoms with Crippen LogP contribution >= 0.6 is 23.2 Å². The summed E-state index contributed by atoms with van der Waals surface area (Å²) < 4.78 is 34.1. The number of nitrogens with one attached hydrogen (secondary N) is 2. The van der Waals surface area contributed by atoms with Crippen LogP contribution in [-0.2, 0) is 37.5 Å². The molecule has 0 spiro atoms. The largest absolute Gasteiger partial charge is 0.469 e. The summed E-state index contributed by atoms with van der Waals surface area (Å²) in [7, 11) is -2.74. The van der Waals surface area contributed by atoms with Crippen molar-refractivity contribution in [3.8, 4) is 0 Å². The van der Waals surface area contributed by atoms with Crippen molar-refractivity contribution in [3.05, 3.63) is 81.0 Å². The van der Waals surface area contributed by atoms with Crippen molar-refractivity contribution in [1.82, 2.24) is 14.5 Å². The van der Waals surface area contributed by atoms with Gasteiger partial charge in [-0.3, -0.25) is 19.1 Å². The second-order valence-corrected chi connectivity index (χ2v) is 10.0. The SMILES string of the molecule is COC(=O)CCCc1cccc(CN2C=C(C(=O)NO)C(c3ccc(Cl)cc3Cl)NS2(=O)=O)c1. The molecule has 2 aromatic carbocycles. The van der Waals surface area contributed by atoms with Gasteiger partial charge in [-0.05, 0) is 41.7 Å². The molecule has 0 saturated carbocycles. The first-order valence-electron chi connectivity index (χ1n) is 10.2. The highest BCUT2D eigenvalue weighted by Gasteiger charge is 2.36. The number of benzene rings is 2. The normalized spacial score (nSPS) is 17.1. The summed E-state index contributed by atoms with van der Waals surface area (Å²) in [5.41, 5.74) is 3.38. The third-order valence-electron chi connectivity index (χ3n) is 5.21. The van der Waals surface area contributed by atoms with E-state index in [1.807, 2.05) is 12.1 Å². The summed E-state index contributed by atoms with van der Waals surface area (Å²) in [6, 6.07) is 10.6. The van der Waals surface area contributed by atoms with Crippen LogP contribution in [-0.4, -0.2) is 36.9 Å². The van der Waals surface area contributed by atoms with E-state index in [0.29, 0.717) is 29.0 Å². The molecule has 0 aromatic heterocycles. The molecule has 3 N–H and O–H groups in total. The quantitative estimate of drug-likeness (QED) is 0.275. The lowest BCUT2D eigenvalue weighted by Gasteiger charge is -2.32. The van der Waals surface area contributed by atoms with Gasteiger partial charge in [-0.25, -0.2) is 5.48 Å². The van der Waals surface area contributed by atoms with Gasteiger partial charge in [0.25, 0.3) is 5.91 Å². The van der Waals surface area contributed by atoms with Crippen LogP contribution in [0.1, 0.15) is 35.6 Å². The molecule has 0 bridgehead atoms. The van der Waals surface area contributed by atoms with Gasteiger partial charge >= 0.3 is 16.2 Å². The second-order valence-electron chi connectivity index (χ2n) is 7.54. The van der Waals surface area contributed by atoms with E-state index in [1.165, 1.54) is 25.3 Å². The maximum atomic E-state index is 13.0. The molecule has 1 atom stereocenters. The Labute approximate surface area is 207 Å². The Balaban J connectivity index is 1.88. The molecule has 0 fully saturated rings.